The van der Waals surface area contributed by atoms with Crippen LogP contribution in [0.3, 0.4) is 0 Å². The Morgan fingerprint density at radius 1 is 1.17 bits per heavy atom. The van der Waals surface area contributed by atoms with E-state index >= 15 is 0 Å². The van der Waals surface area contributed by atoms with Crippen molar-refractivity contribution in [2.24, 2.45) is 5.92 Å². The van der Waals surface area contributed by atoms with Gasteiger partial charge in [-0.1, -0.05) is 0 Å². The van der Waals surface area contributed by atoms with Gasteiger partial charge < -0.3 is 14.2 Å². The van der Waals surface area contributed by atoms with Gasteiger partial charge in [-0.15, -0.1) is 0 Å². The predicted octanol–water partition coefficient (Wildman–Crippen LogP) is 2.71. The van der Waals surface area contributed by atoms with E-state index < -0.39 is 11.7 Å². The third-order valence-electron chi connectivity index (χ3n) is 4.20. The SMILES string of the molecule is COC(=O)[C@H]1[C@@H]2c3cc(OC)ccc3N(C(=O)OC(C)(C)C)[C@H]12. The molecule has 1 heterocycles. The fourth-order valence-corrected chi connectivity index (χ4v) is 3.25. The third kappa shape index (κ3) is 2.52. The number of carbonyl (C=O) groups is 2. The Hall–Kier alpha value is -2.24. The first kappa shape index (κ1) is 15.6. The highest BCUT2D eigenvalue weighted by Crippen LogP contribution is 2.61. The largest absolute Gasteiger partial charge is 0.497 e. The fourth-order valence-electron chi connectivity index (χ4n) is 3.25. The number of amides is 1. The molecule has 0 aromatic heterocycles. The van der Waals surface area contributed by atoms with E-state index in [-0.39, 0.29) is 23.8 Å². The summed E-state index contributed by atoms with van der Waals surface area (Å²) in [7, 11) is 2.95. The molecule has 1 fully saturated rings. The lowest BCUT2D eigenvalue weighted by atomic mass is 10.1. The summed E-state index contributed by atoms with van der Waals surface area (Å²) >= 11 is 0. The Kier molecular flexibility index (Phi) is 3.50. The highest BCUT2D eigenvalue weighted by molar-refractivity contribution is 5.98. The standard InChI is InChI=1S/C17H21NO5/c1-17(2,3)23-16(20)18-11-7-6-9(21-4)8-10(11)12-13(14(12)18)15(19)22-5/h6-8,12-14H,1-5H3/t12-,13-,14-/m0/s1. The maximum absolute atomic E-state index is 12.6. The second-order valence-corrected chi connectivity index (χ2v) is 6.84. The van der Waals surface area contributed by atoms with E-state index in [0.717, 1.165) is 11.3 Å². The lowest BCUT2D eigenvalue weighted by molar-refractivity contribution is -0.142. The van der Waals surface area contributed by atoms with Crippen LogP contribution in [0, 0.1) is 5.92 Å². The van der Waals surface area contributed by atoms with Crippen molar-refractivity contribution in [2.45, 2.75) is 38.3 Å². The van der Waals surface area contributed by atoms with E-state index in [1.807, 2.05) is 32.9 Å². The summed E-state index contributed by atoms with van der Waals surface area (Å²) in [6, 6.07) is 5.27. The van der Waals surface area contributed by atoms with Crippen LogP contribution >= 0.6 is 0 Å². The zero-order valence-electron chi connectivity index (χ0n) is 14.0. The number of fused-ring (bicyclic) bond motifs is 3. The Morgan fingerprint density at radius 3 is 2.43 bits per heavy atom. The van der Waals surface area contributed by atoms with Crippen LogP contribution in [0.1, 0.15) is 32.3 Å². The molecule has 0 radical (unpaired) electrons. The van der Waals surface area contributed by atoms with Crippen LogP contribution in [0.5, 0.6) is 5.75 Å². The first-order chi connectivity index (χ1) is 10.8. The number of methoxy groups -OCH3 is 2. The lowest BCUT2D eigenvalue weighted by Crippen LogP contribution is -2.38. The van der Waals surface area contributed by atoms with Gasteiger partial charge in [0.05, 0.1) is 31.9 Å². The Balaban J connectivity index is 1.97. The number of benzene rings is 1. The van der Waals surface area contributed by atoms with Crippen molar-refractivity contribution < 1.29 is 23.8 Å². The van der Waals surface area contributed by atoms with Crippen LogP contribution in [0.25, 0.3) is 0 Å². The molecule has 6 nitrogen and oxygen atoms in total. The summed E-state index contributed by atoms with van der Waals surface area (Å²) in [5.41, 5.74) is 1.10. The van der Waals surface area contributed by atoms with Crippen LogP contribution in [0.2, 0.25) is 0 Å². The fraction of sp³-hybridized carbons (Fsp3) is 0.529. The first-order valence-electron chi connectivity index (χ1n) is 7.56. The monoisotopic (exact) mass is 319 g/mol. The molecular weight excluding hydrogens is 298 g/mol. The molecular formula is C17H21NO5. The minimum Gasteiger partial charge on any atom is -0.497 e. The molecule has 1 saturated carbocycles. The molecule has 1 aromatic rings. The number of nitrogens with zero attached hydrogens (tertiary/aromatic N) is 1. The van der Waals surface area contributed by atoms with Crippen LogP contribution < -0.4 is 9.64 Å². The molecule has 2 aliphatic rings. The van der Waals surface area contributed by atoms with Crippen LogP contribution in [-0.4, -0.2) is 37.9 Å². The van der Waals surface area contributed by atoms with Crippen molar-refractivity contribution >= 4 is 17.7 Å². The van der Waals surface area contributed by atoms with Crippen molar-refractivity contribution in [3.05, 3.63) is 23.8 Å². The van der Waals surface area contributed by atoms with Gasteiger partial charge in [0.15, 0.2) is 0 Å². The number of rotatable bonds is 2. The average Bonchev–Trinajstić information content (AvgIpc) is 3.11. The third-order valence-corrected chi connectivity index (χ3v) is 4.20. The zero-order chi connectivity index (χ0) is 16.9. The van der Waals surface area contributed by atoms with Gasteiger partial charge in [0, 0.05) is 5.92 Å². The van der Waals surface area contributed by atoms with Crippen molar-refractivity contribution in [1.29, 1.82) is 0 Å². The quantitative estimate of drug-likeness (QED) is 0.784. The van der Waals surface area contributed by atoms with Crippen LogP contribution in [0.15, 0.2) is 18.2 Å². The molecule has 124 valence electrons. The van der Waals surface area contributed by atoms with Gasteiger partial charge in [-0.25, -0.2) is 4.79 Å². The van der Waals surface area contributed by atoms with Crippen molar-refractivity contribution in [2.75, 3.05) is 19.1 Å². The molecule has 1 aromatic carbocycles. The Bertz CT molecular complexity index is 663. The Labute approximate surface area is 135 Å². The van der Waals surface area contributed by atoms with Gasteiger partial charge in [0.1, 0.15) is 11.4 Å². The van der Waals surface area contributed by atoms with Crippen molar-refractivity contribution in [3.63, 3.8) is 0 Å². The van der Waals surface area contributed by atoms with Gasteiger partial charge in [-0.2, -0.15) is 0 Å². The van der Waals surface area contributed by atoms with Gasteiger partial charge >= 0.3 is 12.1 Å². The molecule has 1 amide bonds. The molecule has 0 bridgehead atoms. The van der Waals surface area contributed by atoms with E-state index in [1.165, 1.54) is 7.11 Å². The van der Waals surface area contributed by atoms with Crippen molar-refractivity contribution in [1.82, 2.24) is 0 Å². The van der Waals surface area contributed by atoms with E-state index in [2.05, 4.69) is 0 Å². The summed E-state index contributed by atoms with van der Waals surface area (Å²) in [5, 5.41) is 0. The molecule has 0 spiro atoms. The number of anilines is 1. The number of hydrogen-bond donors (Lipinski definition) is 0. The van der Waals surface area contributed by atoms with E-state index in [9.17, 15) is 9.59 Å². The van der Waals surface area contributed by atoms with E-state index in [1.54, 1.807) is 18.1 Å². The van der Waals surface area contributed by atoms with Gasteiger partial charge in [-0.3, -0.25) is 9.69 Å². The molecule has 0 N–H and O–H groups in total. The zero-order valence-corrected chi connectivity index (χ0v) is 14.0. The highest BCUT2D eigenvalue weighted by atomic mass is 16.6. The van der Waals surface area contributed by atoms with E-state index in [0.29, 0.717) is 5.75 Å². The van der Waals surface area contributed by atoms with Crippen LogP contribution in [-0.2, 0) is 14.3 Å². The van der Waals surface area contributed by atoms with Crippen molar-refractivity contribution in [3.8, 4) is 5.75 Å². The van der Waals surface area contributed by atoms with E-state index in [4.69, 9.17) is 14.2 Å². The summed E-state index contributed by atoms with van der Waals surface area (Å²) in [4.78, 5) is 26.1. The normalized spacial score (nSPS) is 24.6. The number of hydrogen-bond acceptors (Lipinski definition) is 5. The lowest BCUT2D eigenvalue weighted by Gasteiger charge is -2.27. The number of carbonyl (C=O) groups excluding carboxylic acids is 2. The molecule has 1 aliphatic carbocycles. The topological polar surface area (TPSA) is 65.1 Å². The van der Waals surface area contributed by atoms with Gasteiger partial charge in [0.25, 0.3) is 0 Å². The maximum atomic E-state index is 12.6. The molecule has 3 rings (SSSR count). The number of ether oxygens (including phenoxy) is 3. The second-order valence-electron chi connectivity index (χ2n) is 6.84. The summed E-state index contributed by atoms with van der Waals surface area (Å²) in [6.45, 7) is 5.45. The summed E-state index contributed by atoms with van der Waals surface area (Å²) in [5.74, 6) is -0.00160. The minimum atomic E-state index is -0.600. The second kappa shape index (κ2) is 5.15. The molecule has 3 atom stereocenters. The minimum absolute atomic E-state index is 0.0555. The predicted molar refractivity (Wildman–Crippen MR) is 83.7 cm³/mol. The van der Waals surface area contributed by atoms with Crippen LogP contribution in [0.4, 0.5) is 10.5 Å². The maximum Gasteiger partial charge on any atom is 0.415 e. The molecule has 23 heavy (non-hydrogen) atoms. The Morgan fingerprint density at radius 2 is 1.87 bits per heavy atom. The summed E-state index contributed by atoms with van der Waals surface area (Å²) < 4.78 is 15.6. The smallest absolute Gasteiger partial charge is 0.415 e. The average molecular weight is 319 g/mol. The first-order valence-corrected chi connectivity index (χ1v) is 7.56. The molecule has 1 aliphatic heterocycles. The van der Waals surface area contributed by atoms with Gasteiger partial charge in [-0.05, 0) is 44.5 Å². The molecule has 0 unspecified atom stereocenters. The summed E-state index contributed by atoms with van der Waals surface area (Å²) in [6.07, 6.45) is -0.442. The highest BCUT2D eigenvalue weighted by Gasteiger charge is 2.66. The number of esters is 1. The molecule has 0 saturated heterocycles. The molecule has 6 heteroatoms. The van der Waals surface area contributed by atoms with Gasteiger partial charge in [0.2, 0.25) is 0 Å².